The third kappa shape index (κ3) is 17.1. The Hall–Kier alpha value is -0.390. The summed E-state index contributed by atoms with van der Waals surface area (Å²) in [6, 6.07) is 9.81. The van der Waals surface area contributed by atoms with Crippen LogP contribution in [0, 0.1) is 5.92 Å². The fraction of sp³-hybridized carbons (Fsp3) is 0.759. The Bertz CT molecular complexity index is 581. The first-order chi connectivity index (χ1) is 16.1. The molecule has 0 fully saturated rings. The maximum absolute atomic E-state index is 12.0. The Morgan fingerprint density at radius 3 is 1.88 bits per heavy atom. The van der Waals surface area contributed by atoms with Gasteiger partial charge in [-0.05, 0) is 18.4 Å². The molecular formula is C29H49NaO4. The van der Waals surface area contributed by atoms with Crippen molar-refractivity contribution >= 4 is 5.97 Å². The van der Waals surface area contributed by atoms with E-state index in [0.29, 0.717) is 25.9 Å². The van der Waals surface area contributed by atoms with E-state index in [0.717, 1.165) is 44.1 Å². The summed E-state index contributed by atoms with van der Waals surface area (Å²) in [7, 11) is 0. The SMILES string of the molecule is CCCCCCCCCCC[C@@H](O)C[C@H](OCc1ccccc1)[C@H](CCCCCC)C(=O)[O-].[Na+]. The molecule has 0 heterocycles. The summed E-state index contributed by atoms with van der Waals surface area (Å²) in [4.78, 5) is 12.0. The molecular weight excluding hydrogens is 435 g/mol. The molecule has 1 aromatic carbocycles. The van der Waals surface area contributed by atoms with Crippen molar-refractivity contribution in [2.75, 3.05) is 0 Å². The van der Waals surface area contributed by atoms with E-state index in [2.05, 4.69) is 13.8 Å². The second-order valence-corrected chi connectivity index (χ2v) is 9.62. The molecule has 3 atom stereocenters. The van der Waals surface area contributed by atoms with Gasteiger partial charge in [0.1, 0.15) is 0 Å². The third-order valence-corrected chi connectivity index (χ3v) is 6.57. The number of ether oxygens (including phenoxy) is 1. The second-order valence-electron chi connectivity index (χ2n) is 9.62. The molecule has 1 N–H and O–H groups in total. The van der Waals surface area contributed by atoms with Gasteiger partial charge in [-0.1, -0.05) is 128 Å². The van der Waals surface area contributed by atoms with Gasteiger partial charge in [-0.15, -0.1) is 0 Å². The van der Waals surface area contributed by atoms with Crippen molar-refractivity contribution in [1.29, 1.82) is 0 Å². The number of carboxylic acid groups (broad SMARTS) is 1. The Morgan fingerprint density at radius 2 is 1.32 bits per heavy atom. The summed E-state index contributed by atoms with van der Waals surface area (Å²) in [5.74, 6) is -1.73. The number of aliphatic hydroxyl groups excluding tert-OH is 1. The van der Waals surface area contributed by atoms with Crippen LogP contribution in [0.4, 0.5) is 0 Å². The molecule has 0 aliphatic carbocycles. The summed E-state index contributed by atoms with van der Waals surface area (Å²) in [6.07, 6.45) is 15.8. The maximum atomic E-state index is 12.0. The molecule has 0 aromatic heterocycles. The number of unbranched alkanes of at least 4 members (excludes halogenated alkanes) is 11. The van der Waals surface area contributed by atoms with Crippen molar-refractivity contribution in [1.82, 2.24) is 0 Å². The topological polar surface area (TPSA) is 69.6 Å². The molecule has 0 amide bonds. The Morgan fingerprint density at radius 1 is 0.824 bits per heavy atom. The fourth-order valence-corrected chi connectivity index (χ4v) is 4.45. The normalized spacial score (nSPS) is 13.7. The first kappa shape index (κ1) is 33.6. The van der Waals surface area contributed by atoms with E-state index in [1.807, 2.05) is 30.3 Å². The van der Waals surface area contributed by atoms with E-state index in [-0.39, 0.29) is 29.6 Å². The average Bonchev–Trinajstić information content (AvgIpc) is 2.81. The van der Waals surface area contributed by atoms with E-state index in [4.69, 9.17) is 4.74 Å². The molecule has 1 rings (SSSR count). The standard InChI is InChI=1S/C29H50O4.Na/c1-3-5-7-9-10-11-12-13-17-21-26(30)23-28(33-24-25-19-15-14-16-20-25)27(29(31)32)22-18-8-6-4-2;/h14-16,19-20,26-28,30H,3-13,17-18,21-24H2,1-2H3,(H,31,32);/q;+1/p-1/t26-,27+,28+;/m1./s1. The molecule has 190 valence electrons. The van der Waals surface area contributed by atoms with Crippen molar-refractivity contribution in [3.05, 3.63) is 35.9 Å². The van der Waals surface area contributed by atoms with E-state index >= 15 is 0 Å². The summed E-state index contributed by atoms with van der Waals surface area (Å²) in [6.45, 7) is 4.74. The van der Waals surface area contributed by atoms with Gasteiger partial charge in [-0.2, -0.15) is 0 Å². The van der Waals surface area contributed by atoms with Crippen LogP contribution in [-0.4, -0.2) is 23.3 Å². The number of aliphatic carboxylic acids is 1. The molecule has 0 unspecified atom stereocenters. The van der Waals surface area contributed by atoms with Gasteiger partial charge < -0.3 is 19.7 Å². The molecule has 0 spiro atoms. The maximum Gasteiger partial charge on any atom is 1.00 e. The van der Waals surface area contributed by atoms with E-state index in [1.165, 1.54) is 44.9 Å². The van der Waals surface area contributed by atoms with Crippen molar-refractivity contribution < 1.29 is 49.3 Å². The molecule has 0 aliphatic rings. The van der Waals surface area contributed by atoms with Crippen molar-refractivity contribution in [2.24, 2.45) is 5.92 Å². The van der Waals surface area contributed by atoms with Gasteiger partial charge in [0.05, 0.1) is 18.8 Å². The molecule has 5 heteroatoms. The van der Waals surface area contributed by atoms with Crippen LogP contribution in [0.15, 0.2) is 30.3 Å². The number of benzene rings is 1. The Kier molecular flexibility index (Phi) is 22.8. The van der Waals surface area contributed by atoms with Gasteiger partial charge in [0, 0.05) is 18.3 Å². The molecule has 0 radical (unpaired) electrons. The first-order valence-electron chi connectivity index (χ1n) is 13.6. The third-order valence-electron chi connectivity index (χ3n) is 6.57. The Balaban J connectivity index is 0.0000109. The van der Waals surface area contributed by atoms with Gasteiger partial charge in [0.25, 0.3) is 0 Å². The van der Waals surface area contributed by atoms with Crippen molar-refractivity contribution in [3.63, 3.8) is 0 Å². The first-order valence-corrected chi connectivity index (χ1v) is 13.6. The molecule has 0 aliphatic heterocycles. The molecule has 34 heavy (non-hydrogen) atoms. The minimum atomic E-state index is -1.06. The summed E-state index contributed by atoms with van der Waals surface area (Å²) in [5, 5.41) is 22.6. The Labute approximate surface area is 231 Å². The number of carboxylic acids is 1. The van der Waals surface area contributed by atoms with Crippen LogP contribution in [-0.2, 0) is 16.1 Å². The van der Waals surface area contributed by atoms with Crippen LogP contribution in [0.1, 0.15) is 122 Å². The van der Waals surface area contributed by atoms with Gasteiger partial charge in [-0.3, -0.25) is 0 Å². The molecule has 0 saturated heterocycles. The largest absolute Gasteiger partial charge is 1.00 e. The van der Waals surface area contributed by atoms with Crippen LogP contribution in [0.2, 0.25) is 0 Å². The molecule has 1 aromatic rings. The van der Waals surface area contributed by atoms with Gasteiger partial charge >= 0.3 is 29.6 Å². The molecule has 0 saturated carbocycles. The zero-order chi connectivity index (χ0) is 24.2. The van der Waals surface area contributed by atoms with E-state index in [9.17, 15) is 15.0 Å². The van der Waals surface area contributed by atoms with Crippen LogP contribution >= 0.6 is 0 Å². The van der Waals surface area contributed by atoms with Crippen LogP contribution < -0.4 is 34.7 Å². The van der Waals surface area contributed by atoms with Gasteiger partial charge in [-0.25, -0.2) is 0 Å². The van der Waals surface area contributed by atoms with Crippen LogP contribution in [0.3, 0.4) is 0 Å². The zero-order valence-corrected chi connectivity index (χ0v) is 24.3. The predicted molar refractivity (Wildman–Crippen MR) is 135 cm³/mol. The monoisotopic (exact) mass is 484 g/mol. The summed E-state index contributed by atoms with van der Waals surface area (Å²) in [5.41, 5.74) is 1.01. The van der Waals surface area contributed by atoms with Crippen molar-refractivity contribution in [3.8, 4) is 0 Å². The number of carbonyl (C=O) groups excluding carboxylic acids is 1. The average molecular weight is 485 g/mol. The number of hydrogen-bond acceptors (Lipinski definition) is 4. The summed E-state index contributed by atoms with van der Waals surface area (Å²) < 4.78 is 6.09. The smallest absolute Gasteiger partial charge is 0.550 e. The van der Waals surface area contributed by atoms with Gasteiger partial charge in [0.15, 0.2) is 0 Å². The van der Waals surface area contributed by atoms with E-state index < -0.39 is 24.1 Å². The number of rotatable bonds is 22. The number of aliphatic hydroxyl groups is 1. The molecule has 4 nitrogen and oxygen atoms in total. The number of carbonyl (C=O) groups is 1. The van der Waals surface area contributed by atoms with Gasteiger partial charge in [0.2, 0.25) is 0 Å². The predicted octanol–water partition coefficient (Wildman–Crippen LogP) is 3.58. The quantitative estimate of drug-likeness (QED) is 0.202. The second kappa shape index (κ2) is 23.0. The molecule has 0 bridgehead atoms. The fourth-order valence-electron chi connectivity index (χ4n) is 4.45. The van der Waals surface area contributed by atoms with Crippen molar-refractivity contribution in [2.45, 2.75) is 135 Å². The van der Waals surface area contributed by atoms with E-state index in [1.54, 1.807) is 0 Å². The van der Waals surface area contributed by atoms with Crippen LogP contribution in [0.25, 0.3) is 0 Å². The van der Waals surface area contributed by atoms with Crippen LogP contribution in [0.5, 0.6) is 0 Å². The minimum Gasteiger partial charge on any atom is -0.550 e. The number of hydrogen-bond donors (Lipinski definition) is 1. The summed E-state index contributed by atoms with van der Waals surface area (Å²) >= 11 is 0. The zero-order valence-electron chi connectivity index (χ0n) is 22.3. The minimum absolute atomic E-state index is 0.